The summed E-state index contributed by atoms with van der Waals surface area (Å²) in [5, 5.41) is 2.44. The molecule has 0 atom stereocenters. The van der Waals surface area contributed by atoms with E-state index < -0.39 is 0 Å². The molecule has 0 fully saturated rings. The summed E-state index contributed by atoms with van der Waals surface area (Å²) >= 11 is 0. The lowest BCUT2D eigenvalue weighted by atomic mass is 9.97. The maximum Gasteiger partial charge on any atom is 0.0540 e. The van der Waals surface area contributed by atoms with Crippen molar-refractivity contribution in [1.82, 2.24) is 0 Å². The number of hydrogen-bond donors (Lipinski definition) is 0. The largest absolute Gasteiger partial charge is 0.310 e. The summed E-state index contributed by atoms with van der Waals surface area (Å²) in [7, 11) is 0. The molecule has 2 heteroatoms. The van der Waals surface area contributed by atoms with Gasteiger partial charge in [-0.05, 0) is 114 Å². The Bertz CT molecular complexity index is 2490. The van der Waals surface area contributed by atoms with E-state index in [1.807, 2.05) is 13.8 Å². The average Bonchev–Trinajstić information content (AvgIpc) is 3.24. The van der Waals surface area contributed by atoms with Gasteiger partial charge in [0, 0.05) is 33.7 Å². The molecule has 0 saturated heterocycles. The molecule has 0 heterocycles. The topological polar surface area (TPSA) is 6.48 Å². The van der Waals surface area contributed by atoms with Crippen LogP contribution in [0.5, 0.6) is 0 Å². The fraction of sp³-hybridized carbons (Fsp3) is 0.0769. The van der Waals surface area contributed by atoms with Gasteiger partial charge in [0.25, 0.3) is 0 Å². The molecule has 0 aromatic heterocycles. The molecule has 0 amide bonds. The van der Waals surface area contributed by atoms with Crippen LogP contribution in [0.1, 0.15) is 31.9 Å². The van der Waals surface area contributed by atoms with Crippen LogP contribution in [0.3, 0.4) is 0 Å². The standard InChI is InChI=1S/C50H40N2.C2H6/c1-3-17-47-37(2)18-12-32-49(47)51(43-25-6-4-7-26-43)45-29-14-23-41(35-45)39-21-13-22-40(34-39)42-24-15-30-46(36-42)52(44-27-8-5-9-28-44)50-33-16-20-38-19-10-11-31-48(38)50;1-2/h3-36H,1-2H3;1-2H3/b17-3-;. The molecule has 8 aromatic carbocycles. The van der Waals surface area contributed by atoms with Gasteiger partial charge in [-0.2, -0.15) is 0 Å². The smallest absolute Gasteiger partial charge is 0.0540 e. The van der Waals surface area contributed by atoms with E-state index in [0.717, 1.165) is 34.1 Å². The summed E-state index contributed by atoms with van der Waals surface area (Å²) in [4.78, 5) is 4.73. The number of anilines is 6. The van der Waals surface area contributed by atoms with Crippen molar-refractivity contribution < 1.29 is 0 Å². The molecular formula is C52H46N2. The molecule has 54 heavy (non-hydrogen) atoms. The van der Waals surface area contributed by atoms with Crippen molar-refractivity contribution in [2.75, 3.05) is 9.80 Å². The zero-order chi connectivity index (χ0) is 37.3. The molecule has 0 aliphatic heterocycles. The van der Waals surface area contributed by atoms with Gasteiger partial charge < -0.3 is 9.80 Å². The molecule has 0 bridgehead atoms. The first-order chi connectivity index (χ1) is 26.7. The lowest BCUT2D eigenvalue weighted by molar-refractivity contribution is 1.26. The van der Waals surface area contributed by atoms with Crippen LogP contribution in [-0.4, -0.2) is 0 Å². The molecule has 0 saturated carbocycles. The molecule has 0 spiro atoms. The van der Waals surface area contributed by atoms with Crippen LogP contribution >= 0.6 is 0 Å². The van der Waals surface area contributed by atoms with Crippen molar-refractivity contribution in [3.05, 3.63) is 211 Å². The van der Waals surface area contributed by atoms with Crippen LogP contribution in [0.2, 0.25) is 0 Å². The first kappa shape index (κ1) is 35.7. The summed E-state index contributed by atoms with van der Waals surface area (Å²) < 4.78 is 0. The van der Waals surface area contributed by atoms with Gasteiger partial charge in [-0.25, -0.2) is 0 Å². The van der Waals surface area contributed by atoms with E-state index in [1.165, 1.54) is 44.2 Å². The Labute approximate surface area is 320 Å². The molecule has 0 aliphatic carbocycles. The summed E-state index contributed by atoms with van der Waals surface area (Å²) in [6.45, 7) is 8.26. The maximum absolute atomic E-state index is 2.37. The number of allylic oxidation sites excluding steroid dienone is 1. The Hall–Kier alpha value is -6.64. The fourth-order valence-electron chi connectivity index (χ4n) is 7.18. The van der Waals surface area contributed by atoms with E-state index in [9.17, 15) is 0 Å². The first-order valence-electron chi connectivity index (χ1n) is 18.9. The third kappa shape index (κ3) is 7.46. The number of para-hydroxylation sites is 2. The highest BCUT2D eigenvalue weighted by molar-refractivity contribution is 5.99. The quantitative estimate of drug-likeness (QED) is 0.148. The van der Waals surface area contributed by atoms with Gasteiger partial charge in [0.05, 0.1) is 11.4 Å². The normalized spacial score (nSPS) is 10.9. The number of fused-ring (bicyclic) bond motifs is 1. The predicted octanol–water partition coefficient (Wildman–Crippen LogP) is 15.5. The van der Waals surface area contributed by atoms with Crippen molar-refractivity contribution in [2.45, 2.75) is 27.7 Å². The zero-order valence-corrected chi connectivity index (χ0v) is 31.5. The van der Waals surface area contributed by atoms with Crippen LogP contribution in [-0.2, 0) is 0 Å². The van der Waals surface area contributed by atoms with E-state index in [1.54, 1.807) is 0 Å². The lowest BCUT2D eigenvalue weighted by Crippen LogP contribution is -2.12. The number of rotatable bonds is 9. The van der Waals surface area contributed by atoms with E-state index >= 15 is 0 Å². The second kappa shape index (κ2) is 16.8. The molecule has 8 aromatic rings. The molecule has 264 valence electrons. The van der Waals surface area contributed by atoms with Crippen LogP contribution in [0.25, 0.3) is 39.1 Å². The van der Waals surface area contributed by atoms with Gasteiger partial charge >= 0.3 is 0 Å². The molecule has 0 unspecified atom stereocenters. The Kier molecular flexibility index (Phi) is 11.1. The average molecular weight is 699 g/mol. The SMILES string of the molecule is C/C=C\c1c(C)cccc1N(c1ccccc1)c1cccc(-c2cccc(-c3cccc(N(c4ccccc4)c4cccc5ccccc45)c3)c2)c1.CC. The molecule has 2 nitrogen and oxygen atoms in total. The highest BCUT2D eigenvalue weighted by atomic mass is 15.1. The van der Waals surface area contributed by atoms with Crippen LogP contribution in [0, 0.1) is 6.92 Å². The van der Waals surface area contributed by atoms with E-state index in [4.69, 9.17) is 0 Å². The molecular weight excluding hydrogens is 653 g/mol. The van der Waals surface area contributed by atoms with Gasteiger partial charge in [-0.3, -0.25) is 0 Å². The number of hydrogen-bond acceptors (Lipinski definition) is 2. The second-order valence-electron chi connectivity index (χ2n) is 13.0. The predicted molar refractivity (Wildman–Crippen MR) is 235 cm³/mol. The maximum atomic E-state index is 2.37. The van der Waals surface area contributed by atoms with Gasteiger partial charge in [0.1, 0.15) is 0 Å². The zero-order valence-electron chi connectivity index (χ0n) is 31.5. The third-order valence-corrected chi connectivity index (χ3v) is 9.65. The Balaban J connectivity index is 0.00000221. The summed E-state index contributed by atoms with van der Waals surface area (Å²) in [5.41, 5.74) is 13.9. The van der Waals surface area contributed by atoms with Gasteiger partial charge in [-0.1, -0.05) is 153 Å². The third-order valence-electron chi connectivity index (χ3n) is 9.65. The van der Waals surface area contributed by atoms with E-state index in [0.29, 0.717) is 0 Å². The molecule has 0 radical (unpaired) electrons. The first-order valence-corrected chi connectivity index (χ1v) is 18.9. The van der Waals surface area contributed by atoms with Gasteiger partial charge in [-0.15, -0.1) is 0 Å². The lowest BCUT2D eigenvalue weighted by Gasteiger charge is -2.28. The molecule has 8 rings (SSSR count). The Morgan fingerprint density at radius 2 is 0.815 bits per heavy atom. The monoisotopic (exact) mass is 698 g/mol. The number of benzene rings is 8. The van der Waals surface area contributed by atoms with Crippen LogP contribution in [0.4, 0.5) is 34.1 Å². The van der Waals surface area contributed by atoms with Crippen molar-refractivity contribution >= 4 is 51.0 Å². The highest BCUT2D eigenvalue weighted by Gasteiger charge is 2.18. The van der Waals surface area contributed by atoms with Gasteiger partial charge in [0.2, 0.25) is 0 Å². The summed E-state index contributed by atoms with van der Waals surface area (Å²) in [6.07, 6.45) is 4.33. The van der Waals surface area contributed by atoms with Crippen molar-refractivity contribution in [1.29, 1.82) is 0 Å². The van der Waals surface area contributed by atoms with Crippen molar-refractivity contribution in [2.24, 2.45) is 0 Å². The summed E-state index contributed by atoms with van der Waals surface area (Å²) in [5.74, 6) is 0. The molecule has 0 N–H and O–H groups in total. The van der Waals surface area contributed by atoms with Crippen molar-refractivity contribution in [3.8, 4) is 22.3 Å². The summed E-state index contributed by atoms with van der Waals surface area (Å²) in [6, 6.07) is 69.7. The highest BCUT2D eigenvalue weighted by Crippen LogP contribution is 2.42. The van der Waals surface area contributed by atoms with Crippen LogP contribution < -0.4 is 9.80 Å². The Morgan fingerprint density at radius 1 is 0.389 bits per heavy atom. The number of aryl methyl sites for hydroxylation is 1. The van der Waals surface area contributed by atoms with Crippen molar-refractivity contribution in [3.63, 3.8) is 0 Å². The Morgan fingerprint density at radius 3 is 1.41 bits per heavy atom. The minimum atomic E-state index is 1.11. The molecule has 0 aliphatic rings. The fourth-order valence-corrected chi connectivity index (χ4v) is 7.18. The van der Waals surface area contributed by atoms with E-state index in [-0.39, 0.29) is 0 Å². The minimum absolute atomic E-state index is 1.11. The van der Waals surface area contributed by atoms with Crippen LogP contribution in [0.15, 0.2) is 200 Å². The van der Waals surface area contributed by atoms with Gasteiger partial charge in [0.15, 0.2) is 0 Å². The van der Waals surface area contributed by atoms with E-state index in [2.05, 4.69) is 230 Å². The second-order valence-corrected chi connectivity index (χ2v) is 13.0. The minimum Gasteiger partial charge on any atom is -0.310 e. The number of nitrogens with zero attached hydrogens (tertiary/aromatic N) is 2.